The van der Waals surface area contributed by atoms with E-state index < -0.39 is 29.9 Å². The second-order valence-electron chi connectivity index (χ2n) is 8.55. The summed E-state index contributed by atoms with van der Waals surface area (Å²) in [4.78, 5) is 50.2. The van der Waals surface area contributed by atoms with Crippen molar-refractivity contribution in [1.29, 1.82) is 0 Å². The third kappa shape index (κ3) is 5.51. The van der Waals surface area contributed by atoms with Gasteiger partial charge in [0.1, 0.15) is 0 Å². The number of nitrogens with one attached hydrogen (secondary N) is 2. The summed E-state index contributed by atoms with van der Waals surface area (Å²) in [7, 11) is 1.23. The van der Waals surface area contributed by atoms with Crippen molar-refractivity contribution in [3.8, 4) is 0 Å². The van der Waals surface area contributed by atoms with Crippen LogP contribution in [0.1, 0.15) is 37.0 Å². The fourth-order valence-corrected chi connectivity index (χ4v) is 4.38. The molecule has 1 aliphatic heterocycles. The predicted molar refractivity (Wildman–Crippen MR) is 116 cm³/mol. The Morgan fingerprint density at radius 2 is 1.77 bits per heavy atom. The van der Waals surface area contributed by atoms with Gasteiger partial charge in [-0.2, -0.15) is 0 Å². The van der Waals surface area contributed by atoms with Crippen molar-refractivity contribution in [3.63, 3.8) is 0 Å². The van der Waals surface area contributed by atoms with Gasteiger partial charge >= 0.3 is 12.1 Å². The predicted octanol–water partition coefficient (Wildman–Crippen LogP) is 2.49. The molecule has 2 fully saturated rings. The number of amides is 1. The van der Waals surface area contributed by atoms with Gasteiger partial charge in [-0.05, 0) is 30.9 Å². The summed E-state index contributed by atoms with van der Waals surface area (Å²) in [6.45, 7) is 3.99. The van der Waals surface area contributed by atoms with E-state index in [9.17, 15) is 19.2 Å². The number of carbonyl (C=O) groups is 4. The van der Waals surface area contributed by atoms with E-state index in [2.05, 4.69) is 31.3 Å². The average Bonchev–Trinajstić information content (AvgIpc) is 3.39. The number of rotatable bonds is 8. The van der Waals surface area contributed by atoms with Crippen LogP contribution in [0.15, 0.2) is 28.7 Å². The van der Waals surface area contributed by atoms with Gasteiger partial charge in [-0.1, -0.05) is 41.9 Å². The number of alkyl carbamates (subject to hydrolysis) is 1. The minimum Gasteiger partial charge on any atom is -0.457 e. The zero-order chi connectivity index (χ0) is 22.8. The average molecular weight is 495 g/mol. The highest BCUT2D eigenvalue weighted by Gasteiger charge is 2.58. The Hall–Kier alpha value is -2.26. The van der Waals surface area contributed by atoms with Gasteiger partial charge in [0.05, 0.1) is 19.1 Å². The van der Waals surface area contributed by atoms with Gasteiger partial charge in [-0.3, -0.25) is 14.4 Å². The van der Waals surface area contributed by atoms with E-state index in [1.807, 2.05) is 13.8 Å². The maximum Gasteiger partial charge on any atom is 0.407 e. The molecule has 1 spiro atoms. The highest BCUT2D eigenvalue weighted by atomic mass is 79.9. The summed E-state index contributed by atoms with van der Waals surface area (Å²) in [5, 5.41) is 5.84. The number of hydrogen-bond acceptors (Lipinski definition) is 7. The maximum atomic E-state index is 13.3. The third-order valence-corrected chi connectivity index (χ3v) is 6.52. The van der Waals surface area contributed by atoms with Gasteiger partial charge in [-0.25, -0.2) is 4.79 Å². The number of carbonyl (C=O) groups excluding carboxylic acids is 4. The SMILES string of the molecule is COC(=O)N[C@H](C(=O)C1C[C@@]2(CN2)CC1C(=O)OCC(=O)c1ccc(Br)cc1)C(C)C. The Bertz CT molecular complexity index is 865. The first-order valence-electron chi connectivity index (χ1n) is 10.2. The molecule has 4 atom stereocenters. The van der Waals surface area contributed by atoms with Gasteiger partial charge in [0.15, 0.2) is 18.2 Å². The van der Waals surface area contributed by atoms with Crippen molar-refractivity contribution in [2.75, 3.05) is 20.3 Å². The zero-order valence-corrected chi connectivity index (χ0v) is 19.4. The van der Waals surface area contributed by atoms with E-state index in [1.165, 1.54) is 7.11 Å². The van der Waals surface area contributed by atoms with Gasteiger partial charge in [0, 0.05) is 28.0 Å². The minimum atomic E-state index is -0.772. The molecule has 1 aromatic carbocycles. The van der Waals surface area contributed by atoms with E-state index in [0.717, 1.165) is 11.0 Å². The molecule has 2 aliphatic rings. The number of methoxy groups -OCH3 is 1. The Labute approximate surface area is 189 Å². The number of hydrogen-bond donors (Lipinski definition) is 2. The summed E-state index contributed by atoms with van der Waals surface area (Å²) >= 11 is 3.31. The van der Waals surface area contributed by atoms with E-state index in [-0.39, 0.29) is 29.6 Å². The topological polar surface area (TPSA) is 121 Å². The van der Waals surface area contributed by atoms with Crippen molar-refractivity contribution in [2.45, 2.75) is 38.3 Å². The third-order valence-electron chi connectivity index (χ3n) is 6.00. The number of halogens is 1. The highest BCUT2D eigenvalue weighted by Crippen LogP contribution is 2.46. The molecule has 3 rings (SSSR count). The molecule has 1 saturated carbocycles. The molecule has 8 nitrogen and oxygen atoms in total. The Balaban J connectivity index is 1.68. The summed E-state index contributed by atoms with van der Waals surface area (Å²) in [5.41, 5.74) is 0.199. The van der Waals surface area contributed by atoms with Crippen LogP contribution < -0.4 is 10.6 Å². The molecule has 1 aliphatic carbocycles. The van der Waals surface area contributed by atoms with Gasteiger partial charge < -0.3 is 20.1 Å². The Morgan fingerprint density at radius 1 is 1.16 bits per heavy atom. The fraction of sp³-hybridized carbons (Fsp3) is 0.545. The molecular weight excluding hydrogens is 468 g/mol. The maximum absolute atomic E-state index is 13.3. The van der Waals surface area contributed by atoms with Crippen molar-refractivity contribution in [2.24, 2.45) is 17.8 Å². The number of benzene rings is 1. The first-order chi connectivity index (χ1) is 14.7. The molecular formula is C22H27BrN2O6. The Morgan fingerprint density at radius 3 is 2.32 bits per heavy atom. The molecule has 2 N–H and O–H groups in total. The number of Topliss-reactive ketones (excluding diaryl/α,β-unsaturated/α-hetero) is 2. The summed E-state index contributed by atoms with van der Waals surface area (Å²) in [6.07, 6.45) is 0.277. The van der Waals surface area contributed by atoms with Crippen LogP contribution in [0, 0.1) is 17.8 Å². The molecule has 1 aromatic rings. The molecule has 1 amide bonds. The van der Waals surface area contributed by atoms with Gasteiger partial charge in [0.2, 0.25) is 0 Å². The van der Waals surface area contributed by atoms with E-state index in [1.54, 1.807) is 24.3 Å². The van der Waals surface area contributed by atoms with Crippen LogP contribution in [0.5, 0.6) is 0 Å². The van der Waals surface area contributed by atoms with Gasteiger partial charge in [0.25, 0.3) is 0 Å². The van der Waals surface area contributed by atoms with Crippen LogP contribution in [-0.4, -0.2) is 55.5 Å². The first kappa shape index (κ1) is 23.4. The van der Waals surface area contributed by atoms with Crippen LogP contribution in [0.3, 0.4) is 0 Å². The molecule has 1 heterocycles. The molecule has 0 bridgehead atoms. The molecule has 0 radical (unpaired) electrons. The second-order valence-corrected chi connectivity index (χ2v) is 9.47. The van der Waals surface area contributed by atoms with Crippen molar-refractivity contribution in [3.05, 3.63) is 34.3 Å². The Kier molecular flexibility index (Phi) is 7.16. The quantitative estimate of drug-likeness (QED) is 0.323. The normalized spacial score (nSPS) is 25.2. The molecule has 31 heavy (non-hydrogen) atoms. The molecule has 0 aromatic heterocycles. The van der Waals surface area contributed by atoms with Crippen molar-refractivity contribution < 1.29 is 28.7 Å². The van der Waals surface area contributed by atoms with Crippen LogP contribution in [0.4, 0.5) is 4.79 Å². The standard InChI is InChI=1S/C22H27BrN2O6/c1-12(2)18(25-21(29)30-3)19(27)15-8-22(11-24-22)9-16(15)20(28)31-10-17(26)13-4-6-14(23)7-5-13/h4-7,12,15-16,18,24H,8-11H2,1-3H3,(H,25,29)/t15?,16?,18-,22-/m0/s1. The van der Waals surface area contributed by atoms with Crippen LogP contribution >= 0.6 is 15.9 Å². The largest absolute Gasteiger partial charge is 0.457 e. The summed E-state index contributed by atoms with van der Waals surface area (Å²) in [6, 6.07) is 6.01. The number of ether oxygens (including phenoxy) is 2. The number of ketones is 2. The molecule has 2 unspecified atom stereocenters. The van der Waals surface area contributed by atoms with Crippen LogP contribution in [0.2, 0.25) is 0 Å². The summed E-state index contributed by atoms with van der Waals surface area (Å²) in [5.74, 6) is -2.53. The summed E-state index contributed by atoms with van der Waals surface area (Å²) < 4.78 is 10.8. The fourth-order valence-electron chi connectivity index (χ4n) is 4.12. The van der Waals surface area contributed by atoms with Crippen LogP contribution in [-0.2, 0) is 19.1 Å². The molecule has 1 saturated heterocycles. The lowest BCUT2D eigenvalue weighted by atomic mass is 9.84. The van der Waals surface area contributed by atoms with Gasteiger partial charge in [-0.15, -0.1) is 0 Å². The highest BCUT2D eigenvalue weighted by molar-refractivity contribution is 9.10. The monoisotopic (exact) mass is 494 g/mol. The lowest BCUT2D eigenvalue weighted by molar-refractivity contribution is -0.151. The van der Waals surface area contributed by atoms with E-state index in [4.69, 9.17) is 4.74 Å². The molecule has 9 heteroatoms. The zero-order valence-electron chi connectivity index (χ0n) is 17.8. The lowest BCUT2D eigenvalue weighted by Gasteiger charge is -2.25. The van der Waals surface area contributed by atoms with E-state index in [0.29, 0.717) is 18.4 Å². The minimum absolute atomic E-state index is 0.175. The van der Waals surface area contributed by atoms with Crippen molar-refractivity contribution >= 4 is 39.6 Å². The molecule has 168 valence electrons. The number of esters is 1. The first-order valence-corrected chi connectivity index (χ1v) is 11.0. The lowest BCUT2D eigenvalue weighted by Crippen LogP contribution is -2.48. The van der Waals surface area contributed by atoms with Crippen molar-refractivity contribution in [1.82, 2.24) is 10.6 Å². The smallest absolute Gasteiger partial charge is 0.407 e. The second kappa shape index (κ2) is 9.48. The van der Waals surface area contributed by atoms with E-state index >= 15 is 0 Å². The van der Waals surface area contributed by atoms with Crippen LogP contribution in [0.25, 0.3) is 0 Å².